The topological polar surface area (TPSA) is 104 Å². The summed E-state index contributed by atoms with van der Waals surface area (Å²) < 4.78 is 53.8. The SMILES string of the molecule is COC(=O)CNC(=O)COc1ccc2c(c1)nc(Nc1ccc(OC(F)(F)F)cc1)n2C1CC(C)CC(C)C1. The third kappa shape index (κ3) is 7.55. The zero-order valence-electron chi connectivity index (χ0n) is 21.9. The van der Waals surface area contributed by atoms with Gasteiger partial charge in [0.15, 0.2) is 6.61 Å². The molecule has 1 saturated carbocycles. The van der Waals surface area contributed by atoms with Crippen molar-refractivity contribution in [2.45, 2.75) is 45.5 Å². The maximum atomic E-state index is 12.5. The number of benzene rings is 2. The molecule has 1 fully saturated rings. The summed E-state index contributed by atoms with van der Waals surface area (Å²) in [7, 11) is 1.23. The number of carbonyl (C=O) groups is 2. The average molecular weight is 549 g/mol. The Balaban J connectivity index is 1.58. The summed E-state index contributed by atoms with van der Waals surface area (Å²) in [6, 6.07) is 11.0. The van der Waals surface area contributed by atoms with Crippen LogP contribution in [0.15, 0.2) is 42.5 Å². The molecule has 1 heterocycles. The molecule has 210 valence electrons. The van der Waals surface area contributed by atoms with Crippen LogP contribution in [0.4, 0.5) is 24.8 Å². The van der Waals surface area contributed by atoms with Crippen LogP contribution in [0.25, 0.3) is 11.0 Å². The number of esters is 1. The first-order valence-corrected chi connectivity index (χ1v) is 12.6. The molecule has 39 heavy (non-hydrogen) atoms. The first-order valence-electron chi connectivity index (χ1n) is 12.6. The van der Waals surface area contributed by atoms with Gasteiger partial charge in [0.05, 0.1) is 18.1 Å². The Bertz CT molecular complexity index is 1300. The first kappa shape index (κ1) is 28.1. The number of imidazole rings is 1. The van der Waals surface area contributed by atoms with Crippen LogP contribution in [0.5, 0.6) is 11.5 Å². The van der Waals surface area contributed by atoms with Gasteiger partial charge in [-0.25, -0.2) is 4.98 Å². The molecule has 1 aliphatic rings. The van der Waals surface area contributed by atoms with E-state index >= 15 is 0 Å². The number of fused-ring (bicyclic) bond motifs is 1. The van der Waals surface area contributed by atoms with Crippen molar-refractivity contribution in [1.29, 1.82) is 0 Å². The molecule has 2 N–H and O–H groups in total. The van der Waals surface area contributed by atoms with Crippen LogP contribution in [-0.2, 0) is 14.3 Å². The van der Waals surface area contributed by atoms with E-state index in [1.807, 2.05) is 6.07 Å². The Morgan fingerprint density at radius 2 is 1.69 bits per heavy atom. The maximum Gasteiger partial charge on any atom is 0.573 e. The van der Waals surface area contributed by atoms with Gasteiger partial charge in [-0.2, -0.15) is 0 Å². The van der Waals surface area contributed by atoms with Gasteiger partial charge in [0.2, 0.25) is 5.95 Å². The lowest BCUT2D eigenvalue weighted by atomic mass is 9.80. The highest BCUT2D eigenvalue weighted by Gasteiger charge is 2.31. The summed E-state index contributed by atoms with van der Waals surface area (Å²) in [6.45, 7) is 3.91. The van der Waals surface area contributed by atoms with E-state index in [2.05, 4.69) is 38.5 Å². The highest BCUT2D eigenvalue weighted by molar-refractivity contribution is 5.84. The van der Waals surface area contributed by atoms with Crippen LogP contribution in [0.1, 0.15) is 39.2 Å². The molecule has 0 bridgehead atoms. The van der Waals surface area contributed by atoms with Crippen LogP contribution in [0.3, 0.4) is 0 Å². The number of carbonyl (C=O) groups excluding carboxylic acids is 2. The molecule has 0 radical (unpaired) electrons. The van der Waals surface area contributed by atoms with Gasteiger partial charge in [-0.15, -0.1) is 13.2 Å². The predicted octanol–water partition coefficient (Wildman–Crippen LogP) is 5.34. The lowest BCUT2D eigenvalue weighted by Gasteiger charge is -2.33. The zero-order chi connectivity index (χ0) is 28.2. The number of alkyl halides is 3. The largest absolute Gasteiger partial charge is 0.573 e. The molecule has 1 amide bonds. The summed E-state index contributed by atoms with van der Waals surface area (Å²) in [6.07, 6.45) is -1.70. The second kappa shape index (κ2) is 11.8. The number of rotatable bonds is 9. The fourth-order valence-corrected chi connectivity index (χ4v) is 5.05. The van der Waals surface area contributed by atoms with E-state index in [0.717, 1.165) is 24.8 Å². The van der Waals surface area contributed by atoms with E-state index < -0.39 is 18.2 Å². The first-order chi connectivity index (χ1) is 18.5. The van der Waals surface area contributed by atoms with Crippen molar-refractivity contribution < 1.29 is 37.0 Å². The summed E-state index contributed by atoms with van der Waals surface area (Å²) in [5.41, 5.74) is 2.05. The van der Waals surface area contributed by atoms with E-state index in [1.54, 1.807) is 12.1 Å². The predicted molar refractivity (Wildman–Crippen MR) is 138 cm³/mol. The van der Waals surface area contributed by atoms with E-state index in [9.17, 15) is 22.8 Å². The Kier molecular flexibility index (Phi) is 8.51. The van der Waals surface area contributed by atoms with Crippen molar-refractivity contribution in [1.82, 2.24) is 14.9 Å². The smallest absolute Gasteiger partial charge is 0.484 e. The number of hydrogen-bond donors (Lipinski definition) is 2. The molecule has 4 rings (SSSR count). The van der Waals surface area contributed by atoms with E-state index in [-0.39, 0.29) is 24.9 Å². The summed E-state index contributed by atoms with van der Waals surface area (Å²) in [5.74, 6) is 0.664. The third-order valence-corrected chi connectivity index (χ3v) is 6.55. The lowest BCUT2D eigenvalue weighted by molar-refractivity contribution is -0.274. The normalized spacial score (nSPS) is 19.4. The molecule has 2 unspecified atom stereocenters. The second-order valence-electron chi connectivity index (χ2n) is 9.87. The van der Waals surface area contributed by atoms with Gasteiger partial charge in [0.25, 0.3) is 5.91 Å². The maximum absolute atomic E-state index is 12.5. The number of nitrogens with one attached hydrogen (secondary N) is 2. The molecule has 2 aromatic carbocycles. The van der Waals surface area contributed by atoms with Gasteiger partial charge in [0, 0.05) is 17.8 Å². The number of amides is 1. The highest BCUT2D eigenvalue weighted by Crippen LogP contribution is 2.40. The molecular weight excluding hydrogens is 517 g/mol. The van der Waals surface area contributed by atoms with Crippen LogP contribution < -0.4 is 20.1 Å². The van der Waals surface area contributed by atoms with E-state index in [1.165, 1.54) is 31.4 Å². The molecule has 9 nitrogen and oxygen atoms in total. The number of ether oxygens (including phenoxy) is 3. The van der Waals surface area contributed by atoms with Gasteiger partial charge in [-0.05, 0) is 67.5 Å². The third-order valence-electron chi connectivity index (χ3n) is 6.55. The Labute approximate surface area is 223 Å². The quantitative estimate of drug-likeness (QED) is 0.348. The minimum absolute atomic E-state index is 0.167. The molecule has 2 atom stereocenters. The Hall–Kier alpha value is -3.96. The van der Waals surface area contributed by atoms with Crippen molar-refractivity contribution in [3.8, 4) is 11.5 Å². The van der Waals surface area contributed by atoms with Crippen molar-refractivity contribution in [3.05, 3.63) is 42.5 Å². The van der Waals surface area contributed by atoms with Gasteiger partial charge in [-0.3, -0.25) is 9.59 Å². The van der Waals surface area contributed by atoms with Crippen molar-refractivity contribution >= 4 is 34.5 Å². The van der Waals surface area contributed by atoms with Gasteiger partial charge in [-0.1, -0.05) is 13.8 Å². The standard InChI is InChI=1S/C27H31F3N4O5/c1-16-10-17(2)12-19(11-16)34-23-9-8-21(38-15-24(35)31-14-25(36)37-3)13-22(23)33-26(34)32-18-4-6-20(7-5-18)39-27(28,29)30/h4-9,13,16-17,19H,10-12,14-15H2,1-3H3,(H,31,35)(H,32,33). The summed E-state index contributed by atoms with van der Waals surface area (Å²) in [5, 5.41) is 5.66. The molecule has 3 aromatic rings. The number of aromatic nitrogens is 2. The van der Waals surface area contributed by atoms with Gasteiger partial charge < -0.3 is 29.4 Å². The second-order valence-corrected chi connectivity index (χ2v) is 9.87. The summed E-state index contributed by atoms with van der Waals surface area (Å²) >= 11 is 0. The number of nitrogens with zero attached hydrogens (tertiary/aromatic N) is 2. The minimum atomic E-state index is -4.76. The van der Waals surface area contributed by atoms with Crippen LogP contribution in [0.2, 0.25) is 0 Å². The summed E-state index contributed by atoms with van der Waals surface area (Å²) in [4.78, 5) is 28.0. The number of methoxy groups -OCH3 is 1. The van der Waals surface area contributed by atoms with Gasteiger partial charge >= 0.3 is 12.3 Å². The minimum Gasteiger partial charge on any atom is -0.484 e. The molecule has 1 aromatic heterocycles. The fourth-order valence-electron chi connectivity index (χ4n) is 5.05. The molecule has 0 aliphatic heterocycles. The molecule has 0 saturated heterocycles. The number of halogens is 3. The zero-order valence-corrected chi connectivity index (χ0v) is 21.9. The van der Waals surface area contributed by atoms with Crippen LogP contribution in [0, 0.1) is 11.8 Å². The van der Waals surface area contributed by atoms with E-state index in [0.29, 0.717) is 34.7 Å². The molecule has 0 spiro atoms. The van der Waals surface area contributed by atoms with Crippen LogP contribution in [-0.4, -0.2) is 48.1 Å². The van der Waals surface area contributed by atoms with Crippen molar-refractivity contribution in [2.75, 3.05) is 25.6 Å². The Morgan fingerprint density at radius 3 is 2.33 bits per heavy atom. The number of anilines is 2. The highest BCUT2D eigenvalue weighted by atomic mass is 19.4. The lowest BCUT2D eigenvalue weighted by Crippen LogP contribution is -2.33. The van der Waals surface area contributed by atoms with Crippen molar-refractivity contribution in [3.63, 3.8) is 0 Å². The van der Waals surface area contributed by atoms with E-state index in [4.69, 9.17) is 9.72 Å². The Morgan fingerprint density at radius 1 is 1.03 bits per heavy atom. The fraction of sp³-hybridized carbons (Fsp3) is 0.444. The number of hydrogen-bond acceptors (Lipinski definition) is 7. The molecule has 12 heteroatoms. The molecule has 1 aliphatic carbocycles. The average Bonchev–Trinajstić information content (AvgIpc) is 3.22. The van der Waals surface area contributed by atoms with Crippen molar-refractivity contribution in [2.24, 2.45) is 11.8 Å². The monoisotopic (exact) mass is 548 g/mol. The molecular formula is C27H31F3N4O5. The van der Waals surface area contributed by atoms with Gasteiger partial charge in [0.1, 0.15) is 18.0 Å². The van der Waals surface area contributed by atoms with Crippen LogP contribution >= 0.6 is 0 Å².